The van der Waals surface area contributed by atoms with Crippen LogP contribution >= 0.6 is 0 Å². The first-order chi connectivity index (χ1) is 8.61. The number of carboxylic acids is 1. The van der Waals surface area contributed by atoms with Gasteiger partial charge in [0.2, 0.25) is 0 Å². The highest BCUT2D eigenvalue weighted by atomic mass is 16.4. The van der Waals surface area contributed by atoms with Gasteiger partial charge in [0.1, 0.15) is 11.6 Å². The summed E-state index contributed by atoms with van der Waals surface area (Å²) in [5, 5.41) is 30.8. The van der Waals surface area contributed by atoms with E-state index in [1.165, 1.54) is 6.20 Å². The van der Waals surface area contributed by atoms with Crippen molar-refractivity contribution in [2.75, 3.05) is 19.7 Å². The van der Waals surface area contributed by atoms with Gasteiger partial charge in [0.15, 0.2) is 0 Å². The van der Waals surface area contributed by atoms with Crippen LogP contribution in [-0.4, -0.2) is 41.8 Å². The fourth-order valence-corrected chi connectivity index (χ4v) is 1.04. The van der Waals surface area contributed by atoms with Crippen LogP contribution in [0.2, 0.25) is 0 Å². The lowest BCUT2D eigenvalue weighted by Gasteiger charge is -2.03. The minimum Gasteiger partial charge on any atom is -0.481 e. The summed E-state index contributed by atoms with van der Waals surface area (Å²) in [6.45, 7) is 0.707. The highest BCUT2D eigenvalue weighted by Gasteiger charge is 2.07. The number of nitrogens with zero attached hydrogens (tertiary/aromatic N) is 1. The molecule has 0 atom stereocenters. The average molecular weight is 255 g/mol. The van der Waals surface area contributed by atoms with Crippen molar-refractivity contribution < 1.29 is 19.8 Å². The predicted octanol–water partition coefficient (Wildman–Crippen LogP) is -0.653. The lowest BCUT2D eigenvalue weighted by atomic mass is 10.2. The molecule has 0 aliphatic carbocycles. The highest BCUT2D eigenvalue weighted by Crippen LogP contribution is 1.92. The number of carbonyl (C=O) groups excluding carboxylic acids is 1. The number of aliphatic hydroxyl groups is 1. The number of carboxylic acid groups (broad SMARTS) is 1. The van der Waals surface area contributed by atoms with E-state index >= 15 is 0 Å². The molecule has 18 heavy (non-hydrogen) atoms. The van der Waals surface area contributed by atoms with E-state index in [1.54, 1.807) is 6.07 Å². The van der Waals surface area contributed by atoms with E-state index in [9.17, 15) is 9.59 Å². The van der Waals surface area contributed by atoms with Crippen LogP contribution in [0.5, 0.6) is 0 Å². The second kappa shape index (κ2) is 10.1. The van der Waals surface area contributed by atoms with Gasteiger partial charge in [0.25, 0.3) is 5.91 Å². The summed E-state index contributed by atoms with van der Waals surface area (Å²) in [6.07, 6.45) is 2.09. The second-order valence-electron chi connectivity index (χ2n) is 3.45. The molecule has 0 unspecified atom stereocenters. The van der Waals surface area contributed by atoms with E-state index in [0.29, 0.717) is 19.4 Å². The fourth-order valence-electron chi connectivity index (χ4n) is 1.04. The van der Waals surface area contributed by atoms with E-state index in [0.717, 1.165) is 0 Å². The summed E-state index contributed by atoms with van der Waals surface area (Å²) in [4.78, 5) is 21.7. The van der Waals surface area contributed by atoms with Gasteiger partial charge >= 0.3 is 5.97 Å². The Morgan fingerprint density at radius 2 is 2.00 bits per heavy atom. The molecule has 0 heterocycles. The number of nitrogens with one attached hydrogen (secondary N) is 2. The number of hydrogen-bond donors (Lipinski definition) is 4. The standard InChI is InChI=1S/C11H17N3O4/c12-7-9(8-13-4-2-6-15)11(18)14-5-1-3-10(16)17/h8,13,15H,1-6H2,(H,14,18)(H,16,17)/b9-8-. The Morgan fingerprint density at radius 3 is 2.56 bits per heavy atom. The minimum atomic E-state index is -0.925. The molecule has 0 radical (unpaired) electrons. The molecule has 0 aromatic carbocycles. The van der Waals surface area contributed by atoms with Crippen molar-refractivity contribution in [1.82, 2.24) is 10.6 Å². The Balaban J connectivity index is 3.96. The van der Waals surface area contributed by atoms with Crippen molar-refractivity contribution >= 4 is 11.9 Å². The van der Waals surface area contributed by atoms with Gasteiger partial charge in [-0.2, -0.15) is 5.26 Å². The zero-order chi connectivity index (χ0) is 13.8. The third-order valence-corrected chi connectivity index (χ3v) is 1.94. The quantitative estimate of drug-likeness (QED) is 0.246. The Labute approximate surface area is 105 Å². The largest absolute Gasteiger partial charge is 0.481 e. The Kier molecular flexibility index (Phi) is 8.95. The van der Waals surface area contributed by atoms with Gasteiger partial charge in [0.05, 0.1) is 0 Å². The zero-order valence-corrected chi connectivity index (χ0v) is 9.98. The van der Waals surface area contributed by atoms with Crippen molar-refractivity contribution in [3.63, 3.8) is 0 Å². The molecule has 0 aliphatic rings. The molecule has 100 valence electrons. The monoisotopic (exact) mass is 255 g/mol. The molecule has 0 saturated heterocycles. The van der Waals surface area contributed by atoms with Gasteiger partial charge in [-0.3, -0.25) is 9.59 Å². The fraction of sp³-hybridized carbons (Fsp3) is 0.545. The van der Waals surface area contributed by atoms with Crippen LogP contribution in [-0.2, 0) is 9.59 Å². The lowest BCUT2D eigenvalue weighted by Crippen LogP contribution is -2.27. The molecular weight excluding hydrogens is 238 g/mol. The van der Waals surface area contributed by atoms with Gasteiger partial charge < -0.3 is 20.8 Å². The molecule has 7 heteroatoms. The molecule has 0 saturated carbocycles. The van der Waals surface area contributed by atoms with Crippen molar-refractivity contribution in [2.24, 2.45) is 0 Å². The van der Waals surface area contributed by atoms with Crippen LogP contribution in [0.25, 0.3) is 0 Å². The number of nitriles is 1. The van der Waals surface area contributed by atoms with Gasteiger partial charge in [-0.15, -0.1) is 0 Å². The summed E-state index contributed by atoms with van der Waals surface area (Å²) in [7, 11) is 0. The van der Waals surface area contributed by atoms with E-state index in [4.69, 9.17) is 15.5 Å². The maximum Gasteiger partial charge on any atom is 0.303 e. The molecule has 0 aromatic rings. The Bertz CT molecular complexity index is 347. The van der Waals surface area contributed by atoms with Crippen LogP contribution in [0, 0.1) is 11.3 Å². The molecule has 0 rings (SSSR count). The van der Waals surface area contributed by atoms with Crippen LogP contribution < -0.4 is 10.6 Å². The van der Waals surface area contributed by atoms with E-state index in [-0.39, 0.29) is 25.1 Å². The molecule has 0 bridgehead atoms. The molecule has 0 spiro atoms. The number of aliphatic carboxylic acids is 1. The highest BCUT2D eigenvalue weighted by molar-refractivity contribution is 5.97. The molecular formula is C11H17N3O4. The third-order valence-electron chi connectivity index (χ3n) is 1.94. The molecule has 4 N–H and O–H groups in total. The number of rotatable bonds is 9. The van der Waals surface area contributed by atoms with Crippen molar-refractivity contribution in [3.05, 3.63) is 11.8 Å². The number of aliphatic hydroxyl groups excluding tert-OH is 1. The topological polar surface area (TPSA) is 122 Å². The van der Waals surface area contributed by atoms with Crippen LogP contribution in [0.4, 0.5) is 0 Å². The molecule has 0 aliphatic heterocycles. The van der Waals surface area contributed by atoms with Crippen molar-refractivity contribution in [1.29, 1.82) is 5.26 Å². The van der Waals surface area contributed by atoms with Crippen molar-refractivity contribution in [3.8, 4) is 6.07 Å². The first-order valence-electron chi connectivity index (χ1n) is 5.56. The maximum absolute atomic E-state index is 11.4. The van der Waals surface area contributed by atoms with E-state index in [1.807, 2.05) is 0 Å². The minimum absolute atomic E-state index is 0.0272. The van der Waals surface area contributed by atoms with Crippen LogP contribution in [0.3, 0.4) is 0 Å². The summed E-state index contributed by atoms with van der Waals surface area (Å²) < 4.78 is 0. The summed E-state index contributed by atoms with van der Waals surface area (Å²) in [6, 6.07) is 1.74. The van der Waals surface area contributed by atoms with E-state index < -0.39 is 11.9 Å². The predicted molar refractivity (Wildman–Crippen MR) is 63.3 cm³/mol. The summed E-state index contributed by atoms with van der Waals surface area (Å²) in [5.74, 6) is -1.47. The smallest absolute Gasteiger partial charge is 0.303 e. The van der Waals surface area contributed by atoms with Crippen molar-refractivity contribution in [2.45, 2.75) is 19.3 Å². The number of amides is 1. The molecule has 7 nitrogen and oxygen atoms in total. The summed E-state index contributed by atoms with van der Waals surface area (Å²) in [5.41, 5.74) is -0.0803. The van der Waals surface area contributed by atoms with Crippen LogP contribution in [0.1, 0.15) is 19.3 Å². The lowest BCUT2D eigenvalue weighted by molar-refractivity contribution is -0.137. The van der Waals surface area contributed by atoms with Gasteiger partial charge in [0, 0.05) is 32.3 Å². The molecule has 0 aromatic heterocycles. The third kappa shape index (κ3) is 8.13. The number of hydrogen-bond acceptors (Lipinski definition) is 5. The summed E-state index contributed by atoms with van der Waals surface area (Å²) >= 11 is 0. The van der Waals surface area contributed by atoms with Gasteiger partial charge in [-0.1, -0.05) is 0 Å². The Morgan fingerprint density at radius 1 is 1.28 bits per heavy atom. The van der Waals surface area contributed by atoms with E-state index in [2.05, 4.69) is 10.6 Å². The maximum atomic E-state index is 11.4. The Hall–Kier alpha value is -2.07. The average Bonchev–Trinajstić information content (AvgIpc) is 2.34. The normalized spacial score (nSPS) is 10.6. The van der Waals surface area contributed by atoms with Crippen LogP contribution in [0.15, 0.2) is 11.8 Å². The SMILES string of the molecule is N#C/C(=C/NCCCO)C(=O)NCCCC(=O)O. The van der Waals surface area contributed by atoms with Gasteiger partial charge in [-0.25, -0.2) is 0 Å². The first kappa shape index (κ1) is 15.9. The second-order valence-corrected chi connectivity index (χ2v) is 3.45. The zero-order valence-electron chi connectivity index (χ0n) is 9.98. The number of carbonyl (C=O) groups is 2. The first-order valence-corrected chi connectivity index (χ1v) is 5.56. The molecule has 0 fully saturated rings. The van der Waals surface area contributed by atoms with Gasteiger partial charge in [-0.05, 0) is 12.8 Å². The molecule has 1 amide bonds.